The first-order valence-electron chi connectivity index (χ1n) is 7.61. The van der Waals surface area contributed by atoms with Gasteiger partial charge in [0, 0.05) is 11.4 Å². The SMILES string of the molecule is CC(C)(CNC(=O)c1cc2c(s1)-c1ccccc1CC2)C(=O)O. The zero-order chi connectivity index (χ0) is 16.6. The summed E-state index contributed by atoms with van der Waals surface area (Å²) in [5, 5.41) is 11.9. The second-order valence-electron chi connectivity index (χ2n) is 6.49. The maximum atomic E-state index is 12.4. The number of fused-ring (bicyclic) bond motifs is 3. The van der Waals surface area contributed by atoms with Crippen LogP contribution in [0.1, 0.15) is 34.6 Å². The summed E-state index contributed by atoms with van der Waals surface area (Å²) in [6, 6.07) is 10.2. The molecule has 0 radical (unpaired) electrons. The molecule has 23 heavy (non-hydrogen) atoms. The van der Waals surface area contributed by atoms with Gasteiger partial charge in [-0.3, -0.25) is 9.59 Å². The van der Waals surface area contributed by atoms with Gasteiger partial charge in [-0.25, -0.2) is 0 Å². The summed E-state index contributed by atoms with van der Waals surface area (Å²) in [4.78, 5) is 25.3. The van der Waals surface area contributed by atoms with E-state index in [4.69, 9.17) is 5.11 Å². The molecule has 0 fully saturated rings. The molecule has 0 atom stereocenters. The van der Waals surface area contributed by atoms with Gasteiger partial charge in [-0.2, -0.15) is 0 Å². The average Bonchev–Trinajstić information content (AvgIpc) is 2.97. The van der Waals surface area contributed by atoms with E-state index in [-0.39, 0.29) is 12.5 Å². The number of thiophene rings is 1. The van der Waals surface area contributed by atoms with Crippen LogP contribution in [0.2, 0.25) is 0 Å². The third-order valence-corrected chi connectivity index (χ3v) is 5.44. The van der Waals surface area contributed by atoms with Crippen LogP contribution in [-0.2, 0) is 17.6 Å². The Kier molecular flexibility index (Phi) is 3.98. The predicted molar refractivity (Wildman–Crippen MR) is 90.9 cm³/mol. The second kappa shape index (κ2) is 5.81. The number of carboxylic acids is 1. The number of carboxylic acid groups (broad SMARTS) is 1. The number of amides is 1. The van der Waals surface area contributed by atoms with Crippen molar-refractivity contribution < 1.29 is 14.7 Å². The zero-order valence-electron chi connectivity index (χ0n) is 13.2. The molecule has 2 N–H and O–H groups in total. The summed E-state index contributed by atoms with van der Waals surface area (Å²) in [7, 11) is 0. The predicted octanol–water partition coefficient (Wildman–Crippen LogP) is 3.35. The molecule has 5 heteroatoms. The van der Waals surface area contributed by atoms with Crippen LogP contribution in [0.15, 0.2) is 30.3 Å². The topological polar surface area (TPSA) is 66.4 Å². The third-order valence-electron chi connectivity index (χ3n) is 4.23. The molecule has 1 amide bonds. The van der Waals surface area contributed by atoms with E-state index < -0.39 is 11.4 Å². The normalized spacial score (nSPS) is 13.1. The first-order valence-corrected chi connectivity index (χ1v) is 8.43. The zero-order valence-corrected chi connectivity index (χ0v) is 14.0. The highest BCUT2D eigenvalue weighted by Gasteiger charge is 2.28. The molecule has 1 aliphatic carbocycles. The van der Waals surface area contributed by atoms with E-state index in [1.807, 2.05) is 18.2 Å². The minimum atomic E-state index is -0.973. The maximum absolute atomic E-state index is 12.4. The Morgan fingerprint density at radius 2 is 1.91 bits per heavy atom. The molecule has 3 rings (SSSR count). The molecule has 1 heterocycles. The van der Waals surface area contributed by atoms with E-state index in [0.717, 1.165) is 17.7 Å². The molecule has 0 bridgehead atoms. The van der Waals surface area contributed by atoms with Gasteiger partial charge >= 0.3 is 5.97 Å². The molecule has 0 aliphatic heterocycles. The minimum Gasteiger partial charge on any atom is -0.481 e. The summed E-state index contributed by atoms with van der Waals surface area (Å²) < 4.78 is 0. The molecule has 1 aromatic heterocycles. The average molecular weight is 329 g/mol. The Morgan fingerprint density at radius 1 is 1.22 bits per heavy atom. The standard InChI is InChI=1S/C18H19NO3S/c1-18(2,17(21)22)10-19-16(20)14-9-12-8-7-11-5-3-4-6-13(11)15(12)23-14/h3-6,9H,7-8,10H2,1-2H3,(H,19,20)(H,21,22). The number of aliphatic carboxylic acids is 1. The monoisotopic (exact) mass is 329 g/mol. The van der Waals surface area contributed by atoms with Gasteiger partial charge in [0.25, 0.3) is 5.91 Å². The highest BCUT2D eigenvalue weighted by Crippen LogP contribution is 2.39. The molecule has 4 nitrogen and oxygen atoms in total. The first-order chi connectivity index (χ1) is 10.9. The highest BCUT2D eigenvalue weighted by molar-refractivity contribution is 7.17. The van der Waals surface area contributed by atoms with Crippen LogP contribution in [0.5, 0.6) is 0 Å². The van der Waals surface area contributed by atoms with Gasteiger partial charge in [-0.1, -0.05) is 24.3 Å². The lowest BCUT2D eigenvalue weighted by Crippen LogP contribution is -2.38. The van der Waals surface area contributed by atoms with E-state index in [0.29, 0.717) is 4.88 Å². The molecular formula is C18H19NO3S. The fourth-order valence-electron chi connectivity index (χ4n) is 2.65. The number of carbonyl (C=O) groups is 2. The molecule has 0 spiro atoms. The number of rotatable bonds is 4. The van der Waals surface area contributed by atoms with Crippen LogP contribution in [0, 0.1) is 5.41 Å². The Morgan fingerprint density at radius 3 is 2.65 bits per heavy atom. The Balaban J connectivity index is 1.80. The summed E-state index contributed by atoms with van der Waals surface area (Å²) in [6.07, 6.45) is 1.93. The molecule has 1 aliphatic rings. The number of aryl methyl sites for hydroxylation is 2. The first kappa shape index (κ1) is 15.7. The van der Waals surface area contributed by atoms with Crippen molar-refractivity contribution in [3.8, 4) is 10.4 Å². The van der Waals surface area contributed by atoms with Crippen LogP contribution in [0.3, 0.4) is 0 Å². The molecule has 1 aromatic carbocycles. The lowest BCUT2D eigenvalue weighted by Gasteiger charge is -2.19. The number of nitrogens with one attached hydrogen (secondary N) is 1. The van der Waals surface area contributed by atoms with Crippen molar-refractivity contribution in [2.24, 2.45) is 5.41 Å². The Hall–Kier alpha value is -2.14. The maximum Gasteiger partial charge on any atom is 0.310 e. The summed E-state index contributed by atoms with van der Waals surface area (Å²) in [5.74, 6) is -1.12. The molecular weight excluding hydrogens is 310 g/mol. The van der Waals surface area contributed by atoms with Crippen molar-refractivity contribution in [3.63, 3.8) is 0 Å². The van der Waals surface area contributed by atoms with E-state index in [1.54, 1.807) is 13.8 Å². The number of hydrogen-bond donors (Lipinski definition) is 2. The largest absolute Gasteiger partial charge is 0.481 e. The van der Waals surface area contributed by atoms with Crippen LogP contribution in [0.4, 0.5) is 0 Å². The smallest absolute Gasteiger partial charge is 0.310 e. The van der Waals surface area contributed by atoms with Crippen molar-refractivity contribution in [3.05, 3.63) is 46.3 Å². The van der Waals surface area contributed by atoms with E-state index >= 15 is 0 Å². The fourth-order valence-corrected chi connectivity index (χ4v) is 3.83. The van der Waals surface area contributed by atoms with Crippen molar-refractivity contribution in [1.29, 1.82) is 0 Å². The highest BCUT2D eigenvalue weighted by atomic mass is 32.1. The van der Waals surface area contributed by atoms with Crippen molar-refractivity contribution >= 4 is 23.2 Å². The summed E-state index contributed by atoms with van der Waals surface area (Å²) in [5.41, 5.74) is 2.76. The molecule has 0 saturated carbocycles. The summed E-state index contributed by atoms with van der Waals surface area (Å²) in [6.45, 7) is 3.32. The minimum absolute atomic E-state index is 0.111. The van der Waals surface area contributed by atoms with Gasteiger partial charge in [-0.05, 0) is 49.4 Å². The third kappa shape index (κ3) is 3.01. The van der Waals surface area contributed by atoms with E-state index in [2.05, 4.69) is 17.4 Å². The van der Waals surface area contributed by atoms with Crippen molar-refractivity contribution in [2.75, 3.05) is 6.54 Å². The molecule has 0 unspecified atom stereocenters. The second-order valence-corrected chi connectivity index (χ2v) is 7.55. The van der Waals surface area contributed by atoms with Gasteiger partial charge in [-0.15, -0.1) is 11.3 Å². The Bertz CT molecular complexity index is 776. The van der Waals surface area contributed by atoms with E-state index in [1.165, 1.54) is 28.0 Å². The summed E-state index contributed by atoms with van der Waals surface area (Å²) >= 11 is 1.49. The van der Waals surface area contributed by atoms with Gasteiger partial charge in [0.2, 0.25) is 0 Å². The quantitative estimate of drug-likeness (QED) is 0.904. The van der Waals surface area contributed by atoms with E-state index in [9.17, 15) is 9.59 Å². The van der Waals surface area contributed by atoms with Gasteiger partial charge in [0.1, 0.15) is 0 Å². The van der Waals surface area contributed by atoms with Gasteiger partial charge in [0.05, 0.1) is 10.3 Å². The van der Waals surface area contributed by atoms with Crippen LogP contribution in [-0.4, -0.2) is 23.5 Å². The molecule has 2 aromatic rings. The van der Waals surface area contributed by atoms with Crippen molar-refractivity contribution in [2.45, 2.75) is 26.7 Å². The fraction of sp³-hybridized carbons (Fsp3) is 0.333. The molecule has 120 valence electrons. The number of benzene rings is 1. The number of hydrogen-bond acceptors (Lipinski definition) is 3. The van der Waals surface area contributed by atoms with Crippen molar-refractivity contribution in [1.82, 2.24) is 5.32 Å². The lowest BCUT2D eigenvalue weighted by atomic mass is 9.91. The molecule has 0 saturated heterocycles. The van der Waals surface area contributed by atoms with Crippen LogP contribution >= 0.6 is 11.3 Å². The Labute approximate surface area is 139 Å². The van der Waals surface area contributed by atoms with Gasteiger partial charge < -0.3 is 10.4 Å². The van der Waals surface area contributed by atoms with Gasteiger partial charge in [0.15, 0.2) is 0 Å². The van der Waals surface area contributed by atoms with Crippen LogP contribution in [0.25, 0.3) is 10.4 Å². The lowest BCUT2D eigenvalue weighted by molar-refractivity contribution is -0.146. The number of carbonyl (C=O) groups excluding carboxylic acids is 1. The van der Waals surface area contributed by atoms with Crippen LogP contribution < -0.4 is 5.32 Å².